The van der Waals surface area contributed by atoms with E-state index in [0.717, 1.165) is 18.4 Å². The highest BCUT2D eigenvalue weighted by molar-refractivity contribution is 5.93. The van der Waals surface area contributed by atoms with Crippen LogP contribution in [0.4, 0.5) is 0 Å². The van der Waals surface area contributed by atoms with Crippen molar-refractivity contribution in [2.45, 2.75) is 39.7 Å². The second-order valence-corrected chi connectivity index (χ2v) is 6.42. The van der Waals surface area contributed by atoms with E-state index in [1.807, 2.05) is 0 Å². The first-order valence-electron chi connectivity index (χ1n) is 6.70. The minimum atomic E-state index is -0.414. The lowest BCUT2D eigenvalue weighted by molar-refractivity contribution is 0.0639. The number of benzene rings is 2. The van der Waals surface area contributed by atoms with Gasteiger partial charge < -0.3 is 5.11 Å². The molecule has 0 saturated carbocycles. The average Bonchev–Trinajstić information content (AvgIpc) is 2.73. The van der Waals surface area contributed by atoms with Crippen LogP contribution < -0.4 is 0 Å². The summed E-state index contributed by atoms with van der Waals surface area (Å²) in [6.45, 7) is 6.25. The Hall–Kier alpha value is -1.34. The standard InChI is InChI=1S/C17H20O/c1-17(2,3)16(18)14-10-9-12-8-7-11-5-4-6-13(14)15(11)12/h4-6,9-10,16,18H,7-8H2,1-3H3. The second kappa shape index (κ2) is 3.83. The summed E-state index contributed by atoms with van der Waals surface area (Å²) in [7, 11) is 0. The molecule has 0 amide bonds. The van der Waals surface area contributed by atoms with Gasteiger partial charge in [0.25, 0.3) is 0 Å². The minimum absolute atomic E-state index is 0.126. The molecule has 18 heavy (non-hydrogen) atoms. The molecule has 2 aromatic rings. The third-order valence-corrected chi connectivity index (χ3v) is 4.03. The topological polar surface area (TPSA) is 20.2 Å². The first-order chi connectivity index (χ1) is 8.48. The summed E-state index contributed by atoms with van der Waals surface area (Å²) >= 11 is 0. The van der Waals surface area contributed by atoms with E-state index >= 15 is 0 Å². The average molecular weight is 240 g/mol. The van der Waals surface area contributed by atoms with Gasteiger partial charge in [-0.2, -0.15) is 0 Å². The normalized spacial score (nSPS) is 16.2. The molecule has 1 N–H and O–H groups in total. The van der Waals surface area contributed by atoms with E-state index < -0.39 is 6.10 Å². The molecular formula is C17H20O. The van der Waals surface area contributed by atoms with E-state index in [1.54, 1.807) is 0 Å². The molecule has 0 spiro atoms. The molecule has 0 bridgehead atoms. The van der Waals surface area contributed by atoms with Gasteiger partial charge in [-0.15, -0.1) is 0 Å². The molecule has 1 atom stereocenters. The Morgan fingerprint density at radius 1 is 1.00 bits per heavy atom. The monoisotopic (exact) mass is 240 g/mol. The summed E-state index contributed by atoms with van der Waals surface area (Å²) in [6.07, 6.45) is 1.87. The smallest absolute Gasteiger partial charge is 0.0844 e. The minimum Gasteiger partial charge on any atom is -0.388 e. The van der Waals surface area contributed by atoms with Crippen molar-refractivity contribution >= 4 is 10.8 Å². The van der Waals surface area contributed by atoms with Crippen molar-refractivity contribution in [3.05, 3.63) is 47.0 Å². The van der Waals surface area contributed by atoms with Crippen molar-refractivity contribution in [2.24, 2.45) is 5.41 Å². The Morgan fingerprint density at radius 2 is 1.67 bits per heavy atom. The number of aliphatic hydroxyl groups excluding tert-OH is 1. The molecule has 0 saturated heterocycles. The molecule has 0 fully saturated rings. The zero-order valence-corrected chi connectivity index (χ0v) is 11.3. The van der Waals surface area contributed by atoms with Gasteiger partial charge in [-0.1, -0.05) is 51.1 Å². The van der Waals surface area contributed by atoms with Gasteiger partial charge in [-0.05, 0) is 45.7 Å². The van der Waals surface area contributed by atoms with E-state index in [1.165, 1.54) is 21.9 Å². The fraction of sp³-hybridized carbons (Fsp3) is 0.412. The SMILES string of the molecule is CC(C)(C)C(O)c1ccc2c3c(cccc13)CC2. The molecule has 1 aliphatic carbocycles. The second-order valence-electron chi connectivity index (χ2n) is 6.42. The van der Waals surface area contributed by atoms with Gasteiger partial charge in [0.1, 0.15) is 0 Å². The zero-order valence-electron chi connectivity index (χ0n) is 11.3. The lowest BCUT2D eigenvalue weighted by atomic mass is 9.82. The fourth-order valence-corrected chi connectivity index (χ4v) is 2.97. The summed E-state index contributed by atoms with van der Waals surface area (Å²) in [6, 6.07) is 10.8. The third kappa shape index (κ3) is 1.65. The summed E-state index contributed by atoms with van der Waals surface area (Å²) in [5.74, 6) is 0. The summed E-state index contributed by atoms with van der Waals surface area (Å²) in [4.78, 5) is 0. The lowest BCUT2D eigenvalue weighted by Crippen LogP contribution is -2.18. The first kappa shape index (κ1) is 11.7. The van der Waals surface area contributed by atoms with E-state index in [-0.39, 0.29) is 5.41 Å². The van der Waals surface area contributed by atoms with Crippen molar-refractivity contribution in [1.82, 2.24) is 0 Å². The maximum atomic E-state index is 10.6. The van der Waals surface area contributed by atoms with Crippen LogP contribution in [0.15, 0.2) is 30.3 Å². The van der Waals surface area contributed by atoms with Crippen LogP contribution in [0.2, 0.25) is 0 Å². The molecule has 0 aromatic heterocycles. The Kier molecular flexibility index (Phi) is 2.49. The molecular weight excluding hydrogens is 220 g/mol. The molecule has 0 radical (unpaired) electrons. The van der Waals surface area contributed by atoms with Crippen LogP contribution in [0.3, 0.4) is 0 Å². The van der Waals surface area contributed by atoms with Gasteiger partial charge in [0, 0.05) is 0 Å². The number of aliphatic hydroxyl groups is 1. The molecule has 1 heteroatoms. The first-order valence-corrected chi connectivity index (χ1v) is 6.70. The van der Waals surface area contributed by atoms with Crippen LogP contribution in [0, 0.1) is 5.41 Å². The molecule has 0 heterocycles. The lowest BCUT2D eigenvalue weighted by Gasteiger charge is -2.27. The Labute approximate surface area is 108 Å². The Bertz CT molecular complexity index is 595. The summed E-state index contributed by atoms with van der Waals surface area (Å²) in [5.41, 5.74) is 3.82. The molecule has 1 unspecified atom stereocenters. The van der Waals surface area contributed by atoms with Crippen LogP contribution in [-0.2, 0) is 12.8 Å². The third-order valence-electron chi connectivity index (χ3n) is 4.03. The molecule has 0 aliphatic heterocycles. The highest BCUT2D eigenvalue weighted by atomic mass is 16.3. The zero-order chi connectivity index (χ0) is 12.9. The molecule has 1 nitrogen and oxygen atoms in total. The Morgan fingerprint density at radius 3 is 2.33 bits per heavy atom. The van der Waals surface area contributed by atoms with E-state index in [9.17, 15) is 5.11 Å². The molecule has 3 rings (SSSR count). The van der Waals surface area contributed by atoms with Crippen LogP contribution in [0.1, 0.15) is 43.6 Å². The van der Waals surface area contributed by atoms with Crippen molar-refractivity contribution in [3.8, 4) is 0 Å². The maximum absolute atomic E-state index is 10.6. The van der Waals surface area contributed by atoms with Crippen molar-refractivity contribution in [3.63, 3.8) is 0 Å². The fourth-order valence-electron chi connectivity index (χ4n) is 2.97. The quantitative estimate of drug-likeness (QED) is 0.798. The van der Waals surface area contributed by atoms with E-state index in [2.05, 4.69) is 51.1 Å². The number of hydrogen-bond acceptors (Lipinski definition) is 1. The van der Waals surface area contributed by atoms with Crippen LogP contribution >= 0.6 is 0 Å². The predicted molar refractivity (Wildman–Crippen MR) is 75.8 cm³/mol. The summed E-state index contributed by atoms with van der Waals surface area (Å²) < 4.78 is 0. The highest BCUT2D eigenvalue weighted by Crippen LogP contribution is 2.40. The van der Waals surface area contributed by atoms with Gasteiger partial charge in [0.15, 0.2) is 0 Å². The Balaban J connectivity index is 2.27. The van der Waals surface area contributed by atoms with Crippen molar-refractivity contribution in [2.75, 3.05) is 0 Å². The van der Waals surface area contributed by atoms with Crippen LogP contribution in [0.5, 0.6) is 0 Å². The predicted octanol–water partition coefficient (Wildman–Crippen LogP) is 4.02. The largest absolute Gasteiger partial charge is 0.388 e. The van der Waals surface area contributed by atoms with Gasteiger partial charge in [0.2, 0.25) is 0 Å². The van der Waals surface area contributed by atoms with E-state index in [0.29, 0.717) is 0 Å². The van der Waals surface area contributed by atoms with Gasteiger partial charge >= 0.3 is 0 Å². The van der Waals surface area contributed by atoms with Crippen molar-refractivity contribution in [1.29, 1.82) is 0 Å². The van der Waals surface area contributed by atoms with Crippen LogP contribution in [0.25, 0.3) is 10.8 Å². The van der Waals surface area contributed by atoms with Crippen molar-refractivity contribution < 1.29 is 5.11 Å². The van der Waals surface area contributed by atoms with E-state index in [4.69, 9.17) is 0 Å². The van der Waals surface area contributed by atoms with Gasteiger partial charge in [-0.3, -0.25) is 0 Å². The number of rotatable bonds is 1. The number of aryl methyl sites for hydroxylation is 2. The number of hydrogen-bond donors (Lipinski definition) is 1. The highest BCUT2D eigenvalue weighted by Gasteiger charge is 2.26. The maximum Gasteiger partial charge on any atom is 0.0844 e. The van der Waals surface area contributed by atoms with Gasteiger partial charge in [-0.25, -0.2) is 0 Å². The molecule has 2 aromatic carbocycles. The molecule has 1 aliphatic rings. The van der Waals surface area contributed by atoms with Gasteiger partial charge in [0.05, 0.1) is 6.10 Å². The summed E-state index contributed by atoms with van der Waals surface area (Å²) in [5, 5.41) is 13.2. The molecule has 94 valence electrons. The van der Waals surface area contributed by atoms with Crippen LogP contribution in [-0.4, -0.2) is 5.11 Å².